The third kappa shape index (κ3) is 7.02. The van der Waals surface area contributed by atoms with Crippen LogP contribution in [0.15, 0.2) is 66.2 Å². The number of methoxy groups -OCH3 is 2. The Morgan fingerprint density at radius 2 is 1.64 bits per heavy atom. The van der Waals surface area contributed by atoms with Crippen molar-refractivity contribution in [2.24, 2.45) is 11.3 Å². The highest BCUT2D eigenvalue weighted by atomic mass is 28.4. The zero-order chi connectivity index (χ0) is 30.4. The Morgan fingerprint density at radius 3 is 2.29 bits per heavy atom. The molecular formula is C35H50O6Si. The Morgan fingerprint density at radius 1 is 0.952 bits per heavy atom. The van der Waals surface area contributed by atoms with E-state index in [9.17, 15) is 4.79 Å². The van der Waals surface area contributed by atoms with Gasteiger partial charge in [0.05, 0.1) is 39.6 Å². The van der Waals surface area contributed by atoms with Crippen LogP contribution >= 0.6 is 0 Å². The summed E-state index contributed by atoms with van der Waals surface area (Å²) in [4.78, 5) is 12.8. The normalized spacial score (nSPS) is 24.5. The molecule has 0 saturated heterocycles. The number of rotatable bonds is 12. The maximum atomic E-state index is 12.8. The van der Waals surface area contributed by atoms with Gasteiger partial charge in [0.25, 0.3) is 0 Å². The van der Waals surface area contributed by atoms with Crippen molar-refractivity contribution in [2.75, 3.05) is 27.4 Å². The molecule has 0 amide bonds. The molecule has 0 heterocycles. The monoisotopic (exact) mass is 594 g/mol. The maximum absolute atomic E-state index is 12.8. The second-order valence-electron chi connectivity index (χ2n) is 13.5. The summed E-state index contributed by atoms with van der Waals surface area (Å²) >= 11 is 0. The van der Waals surface area contributed by atoms with Gasteiger partial charge in [-0.2, -0.15) is 0 Å². The number of carbonyl (C=O) groups excluding carboxylic acids is 1. The van der Waals surface area contributed by atoms with Gasteiger partial charge in [0.1, 0.15) is 5.75 Å². The van der Waals surface area contributed by atoms with Gasteiger partial charge in [-0.3, -0.25) is 0 Å². The molecule has 3 atom stereocenters. The summed E-state index contributed by atoms with van der Waals surface area (Å²) in [6.07, 6.45) is 6.07. The highest BCUT2D eigenvalue weighted by Gasteiger charge is 2.62. The lowest BCUT2D eigenvalue weighted by atomic mass is 9.68. The Hall–Kier alpha value is -2.45. The van der Waals surface area contributed by atoms with E-state index in [4.69, 9.17) is 23.4 Å². The van der Waals surface area contributed by atoms with Crippen LogP contribution in [0.2, 0.25) is 18.1 Å². The van der Waals surface area contributed by atoms with Crippen LogP contribution in [0.1, 0.15) is 64.0 Å². The van der Waals surface area contributed by atoms with Gasteiger partial charge < -0.3 is 23.4 Å². The van der Waals surface area contributed by atoms with E-state index in [0.29, 0.717) is 45.7 Å². The van der Waals surface area contributed by atoms with Gasteiger partial charge in [0.2, 0.25) is 0 Å². The second kappa shape index (κ2) is 13.5. The van der Waals surface area contributed by atoms with E-state index in [2.05, 4.69) is 64.2 Å². The van der Waals surface area contributed by atoms with Crippen LogP contribution in [0.3, 0.4) is 0 Å². The van der Waals surface area contributed by atoms with Gasteiger partial charge >= 0.3 is 5.97 Å². The predicted molar refractivity (Wildman–Crippen MR) is 169 cm³/mol. The number of esters is 1. The van der Waals surface area contributed by atoms with E-state index in [1.54, 1.807) is 7.11 Å². The van der Waals surface area contributed by atoms with Crippen LogP contribution in [-0.2, 0) is 36.6 Å². The molecule has 0 unspecified atom stereocenters. The molecule has 0 bridgehead atoms. The lowest BCUT2D eigenvalue weighted by Crippen LogP contribution is -2.55. The molecule has 1 saturated carbocycles. The summed E-state index contributed by atoms with van der Waals surface area (Å²) < 4.78 is 31.2. The first-order valence-corrected chi connectivity index (χ1v) is 18.2. The Bertz CT molecular complexity index is 1200. The third-order valence-corrected chi connectivity index (χ3v) is 14.6. The van der Waals surface area contributed by atoms with E-state index in [-0.39, 0.29) is 22.3 Å². The predicted octanol–water partition coefficient (Wildman–Crippen LogP) is 7.87. The molecule has 0 radical (unpaired) electrons. The fourth-order valence-corrected chi connectivity index (χ4v) is 7.38. The van der Waals surface area contributed by atoms with Gasteiger partial charge in [-0.25, -0.2) is 4.79 Å². The average Bonchev–Trinajstić information content (AvgIpc) is 3.17. The van der Waals surface area contributed by atoms with Crippen molar-refractivity contribution < 1.29 is 28.2 Å². The fourth-order valence-electron chi connectivity index (χ4n) is 6.31. The Labute approximate surface area is 253 Å². The van der Waals surface area contributed by atoms with Crippen LogP contribution in [0.4, 0.5) is 0 Å². The minimum Gasteiger partial charge on any atom is -0.497 e. The Kier molecular flexibility index (Phi) is 10.4. The number of carbonyl (C=O) groups is 1. The third-order valence-electron chi connectivity index (χ3n) is 10.1. The van der Waals surface area contributed by atoms with Gasteiger partial charge in [-0.05, 0) is 73.5 Å². The number of hydrogen-bond acceptors (Lipinski definition) is 6. The van der Waals surface area contributed by atoms with Crippen LogP contribution < -0.4 is 4.74 Å². The molecule has 230 valence electrons. The lowest BCUT2D eigenvalue weighted by Gasteiger charge is -2.50. The number of fused-ring (bicyclic) bond motifs is 1. The highest BCUT2D eigenvalue weighted by molar-refractivity contribution is 6.74. The minimum absolute atomic E-state index is 0.0881. The van der Waals surface area contributed by atoms with E-state index in [0.717, 1.165) is 35.3 Å². The molecule has 42 heavy (non-hydrogen) atoms. The zero-order valence-corrected chi connectivity index (χ0v) is 27.7. The summed E-state index contributed by atoms with van der Waals surface area (Å²) in [5.41, 5.74) is 2.16. The van der Waals surface area contributed by atoms with Crippen LogP contribution in [0, 0.1) is 11.3 Å². The zero-order valence-electron chi connectivity index (χ0n) is 26.7. The minimum atomic E-state index is -2.05. The molecule has 2 aliphatic rings. The molecular weight excluding hydrogens is 544 g/mol. The van der Waals surface area contributed by atoms with E-state index in [1.807, 2.05) is 30.3 Å². The van der Waals surface area contributed by atoms with Crippen molar-refractivity contribution in [1.29, 1.82) is 0 Å². The summed E-state index contributed by atoms with van der Waals surface area (Å²) in [5.74, 6) is 0.731. The molecule has 6 nitrogen and oxygen atoms in total. The SMILES string of the molecule is COC(=O)C1=CC[C@]2(CO[Si](C)(C)C(C)(C)C)CC[C@@H](COCc3ccccc3)[C@@]2(OCc2ccc(OC)cc2)CC1. The van der Waals surface area contributed by atoms with Gasteiger partial charge in [-0.1, -0.05) is 69.3 Å². The largest absolute Gasteiger partial charge is 0.497 e. The molecule has 7 heteroatoms. The first kappa shape index (κ1) is 32.5. The Balaban J connectivity index is 1.68. The van der Waals surface area contributed by atoms with Crippen LogP contribution in [0.5, 0.6) is 5.75 Å². The summed E-state index contributed by atoms with van der Waals surface area (Å²) in [6, 6.07) is 18.4. The van der Waals surface area contributed by atoms with Gasteiger partial charge in [0, 0.05) is 23.5 Å². The first-order valence-electron chi connectivity index (χ1n) is 15.3. The first-order chi connectivity index (χ1) is 20.0. The number of benzene rings is 2. The van der Waals surface area contributed by atoms with Crippen LogP contribution in [-0.4, -0.2) is 47.3 Å². The molecule has 0 N–H and O–H groups in total. The summed E-state index contributed by atoms with van der Waals surface area (Å²) in [5, 5.41) is 0.0881. The van der Waals surface area contributed by atoms with Gasteiger partial charge in [0.15, 0.2) is 8.32 Å². The molecule has 2 aromatic rings. The fraction of sp³-hybridized carbons (Fsp3) is 0.571. The highest BCUT2D eigenvalue weighted by Crippen LogP contribution is 2.59. The van der Waals surface area contributed by atoms with E-state index < -0.39 is 13.9 Å². The molecule has 0 aliphatic heterocycles. The topological polar surface area (TPSA) is 63.2 Å². The molecule has 0 spiro atoms. The molecule has 0 aromatic heterocycles. The average molecular weight is 595 g/mol. The summed E-state index contributed by atoms with van der Waals surface area (Å²) in [7, 11) is 1.09. The van der Waals surface area contributed by atoms with Crippen molar-refractivity contribution in [3.63, 3.8) is 0 Å². The summed E-state index contributed by atoms with van der Waals surface area (Å²) in [6.45, 7) is 13.7. The maximum Gasteiger partial charge on any atom is 0.333 e. The standard InChI is InChI=1S/C35H50O6Si/c1-33(2,3)42(6,7)41-26-34-20-17-29(32(36)38-5)18-22-35(34,40-24-28-13-15-31(37-4)16-14-28)30(19-21-34)25-39-23-27-11-9-8-10-12-27/h8-17,30H,18-26H2,1-7H3/t30-,34+,35-/m0/s1. The van der Waals surface area contributed by atoms with Crippen molar-refractivity contribution >= 4 is 14.3 Å². The van der Waals surface area contributed by atoms with Crippen molar-refractivity contribution in [3.05, 3.63) is 77.4 Å². The molecule has 2 aliphatic carbocycles. The quantitative estimate of drug-likeness (QED) is 0.184. The number of allylic oxidation sites excluding steroid dienone is 1. The van der Waals surface area contributed by atoms with Gasteiger partial charge in [-0.15, -0.1) is 0 Å². The number of hydrogen-bond donors (Lipinski definition) is 0. The van der Waals surface area contributed by atoms with Crippen LogP contribution in [0.25, 0.3) is 0 Å². The lowest BCUT2D eigenvalue weighted by molar-refractivity contribution is -0.176. The number of ether oxygens (including phenoxy) is 4. The second-order valence-corrected chi connectivity index (χ2v) is 18.3. The van der Waals surface area contributed by atoms with Crippen molar-refractivity contribution in [1.82, 2.24) is 0 Å². The molecule has 4 rings (SSSR count). The smallest absolute Gasteiger partial charge is 0.333 e. The molecule has 2 aromatic carbocycles. The van der Waals surface area contributed by atoms with Crippen molar-refractivity contribution in [2.45, 2.75) is 89.8 Å². The van der Waals surface area contributed by atoms with Crippen molar-refractivity contribution in [3.8, 4) is 5.75 Å². The molecule has 1 fully saturated rings. The van der Waals surface area contributed by atoms with E-state index in [1.165, 1.54) is 7.11 Å². The van der Waals surface area contributed by atoms with E-state index >= 15 is 0 Å².